The quantitative estimate of drug-likeness (QED) is 0.308. The van der Waals surface area contributed by atoms with Gasteiger partial charge in [0.15, 0.2) is 34.4 Å². The Balaban J connectivity index is 1.89. The fourth-order valence-corrected chi connectivity index (χ4v) is 5.53. The van der Waals surface area contributed by atoms with E-state index >= 15 is 0 Å². The summed E-state index contributed by atoms with van der Waals surface area (Å²) in [6, 6.07) is 9.50. The van der Waals surface area contributed by atoms with Crippen LogP contribution in [0.3, 0.4) is 0 Å². The van der Waals surface area contributed by atoms with Gasteiger partial charge in [0.1, 0.15) is 0 Å². The van der Waals surface area contributed by atoms with Crippen LogP contribution in [0.4, 0.5) is 0 Å². The van der Waals surface area contributed by atoms with Crippen molar-refractivity contribution in [2.45, 2.75) is 26.8 Å². The minimum Gasteiger partial charge on any atom is -0.493 e. The molecule has 0 amide bonds. The Morgan fingerprint density at radius 1 is 0.952 bits per heavy atom. The van der Waals surface area contributed by atoms with E-state index in [4.69, 9.17) is 23.7 Å². The predicted molar refractivity (Wildman–Crippen MR) is 155 cm³/mol. The fourth-order valence-electron chi connectivity index (χ4n) is 4.48. The van der Waals surface area contributed by atoms with E-state index in [1.54, 1.807) is 57.4 Å². The number of rotatable bonds is 11. The van der Waals surface area contributed by atoms with Gasteiger partial charge in [-0.1, -0.05) is 23.5 Å². The molecule has 42 heavy (non-hydrogen) atoms. The van der Waals surface area contributed by atoms with Crippen molar-refractivity contribution in [1.29, 1.82) is 0 Å². The summed E-state index contributed by atoms with van der Waals surface area (Å²) in [5.41, 5.74) is 1.62. The Bertz CT molecular complexity index is 1700. The molecule has 4 rings (SSSR count). The van der Waals surface area contributed by atoms with E-state index in [-0.39, 0.29) is 24.3 Å². The second-order valence-electron chi connectivity index (χ2n) is 8.92. The van der Waals surface area contributed by atoms with E-state index in [1.165, 1.54) is 30.1 Å². The second kappa shape index (κ2) is 13.4. The number of nitrogens with zero attached hydrogens (tertiary/aromatic N) is 2. The number of benzene rings is 2. The lowest BCUT2D eigenvalue weighted by Crippen LogP contribution is -2.40. The molecule has 1 atom stereocenters. The third-order valence-electron chi connectivity index (χ3n) is 6.38. The standard InChI is InChI=1S/C30H32N2O9S/c1-7-39-23-15-19(10-12-21(23)41-16-25(33)38-6)27-26(29(35)40-8-2)17(3)31-30-32(27)28(34)24(42-30)14-18-9-11-20(36-4)22(13-18)37-5/h9-15,27H,7-8,16H2,1-6H3/b24-14-/t27-/m1/s1. The van der Waals surface area contributed by atoms with E-state index < -0.39 is 18.0 Å². The molecule has 1 aliphatic rings. The SMILES string of the molecule is CCOC(=O)C1=C(C)N=c2s/c(=C\c3ccc(OC)c(OC)c3)c(=O)n2[C@@H]1c1ccc(OCC(=O)OC)c(OCC)c1. The van der Waals surface area contributed by atoms with Crippen LogP contribution in [0.1, 0.15) is 37.9 Å². The highest BCUT2D eigenvalue weighted by Gasteiger charge is 2.34. The van der Waals surface area contributed by atoms with Gasteiger partial charge in [-0.3, -0.25) is 9.36 Å². The van der Waals surface area contributed by atoms with Crippen molar-refractivity contribution in [3.63, 3.8) is 0 Å². The van der Waals surface area contributed by atoms with Crippen molar-refractivity contribution in [3.8, 4) is 23.0 Å². The molecule has 222 valence electrons. The molecule has 11 nitrogen and oxygen atoms in total. The number of esters is 2. The zero-order valence-corrected chi connectivity index (χ0v) is 25.0. The maximum Gasteiger partial charge on any atom is 0.343 e. The summed E-state index contributed by atoms with van der Waals surface area (Å²) in [5.74, 6) is 0.605. The third-order valence-corrected chi connectivity index (χ3v) is 7.36. The van der Waals surface area contributed by atoms with Crippen LogP contribution >= 0.6 is 11.3 Å². The van der Waals surface area contributed by atoms with E-state index in [2.05, 4.69) is 9.73 Å². The number of hydrogen-bond acceptors (Lipinski definition) is 11. The van der Waals surface area contributed by atoms with Crippen LogP contribution < -0.4 is 33.8 Å². The van der Waals surface area contributed by atoms with Gasteiger partial charge < -0.3 is 28.4 Å². The van der Waals surface area contributed by atoms with Crippen molar-refractivity contribution in [2.24, 2.45) is 4.99 Å². The number of allylic oxidation sites excluding steroid dienone is 1. The lowest BCUT2D eigenvalue weighted by molar-refractivity contribution is -0.143. The molecule has 12 heteroatoms. The number of carbonyl (C=O) groups excluding carboxylic acids is 2. The molecule has 0 unspecified atom stereocenters. The molecule has 0 spiro atoms. The third kappa shape index (κ3) is 6.18. The molecule has 0 fully saturated rings. The average Bonchev–Trinajstić information content (AvgIpc) is 3.29. The topological polar surface area (TPSA) is 124 Å². The number of aromatic nitrogens is 1. The summed E-state index contributed by atoms with van der Waals surface area (Å²) in [4.78, 5) is 43.9. The largest absolute Gasteiger partial charge is 0.493 e. The van der Waals surface area contributed by atoms with Crippen LogP contribution in [0.15, 0.2) is 57.5 Å². The van der Waals surface area contributed by atoms with Gasteiger partial charge in [-0.2, -0.15) is 0 Å². The van der Waals surface area contributed by atoms with Gasteiger partial charge in [-0.05, 0) is 62.2 Å². The van der Waals surface area contributed by atoms with E-state index in [0.717, 1.165) is 5.56 Å². The summed E-state index contributed by atoms with van der Waals surface area (Å²) in [6.45, 7) is 5.38. The maximum absolute atomic E-state index is 13.9. The lowest BCUT2D eigenvalue weighted by atomic mass is 9.95. The van der Waals surface area contributed by atoms with Gasteiger partial charge in [0.2, 0.25) is 0 Å². The van der Waals surface area contributed by atoms with Crippen LogP contribution in [-0.4, -0.2) is 57.7 Å². The highest BCUT2D eigenvalue weighted by molar-refractivity contribution is 7.07. The Kier molecular flexibility index (Phi) is 9.68. The Morgan fingerprint density at radius 2 is 1.69 bits per heavy atom. The molecule has 0 saturated carbocycles. The number of carbonyl (C=O) groups is 2. The van der Waals surface area contributed by atoms with Gasteiger partial charge in [0, 0.05) is 0 Å². The van der Waals surface area contributed by atoms with Gasteiger partial charge >= 0.3 is 11.9 Å². The first-order valence-corrected chi connectivity index (χ1v) is 14.0. The fraction of sp³-hybridized carbons (Fsp3) is 0.333. The van der Waals surface area contributed by atoms with Crippen molar-refractivity contribution in [2.75, 3.05) is 41.2 Å². The first-order valence-electron chi connectivity index (χ1n) is 13.1. The van der Waals surface area contributed by atoms with Gasteiger partial charge in [-0.25, -0.2) is 14.6 Å². The molecule has 0 saturated heterocycles. The highest BCUT2D eigenvalue weighted by Crippen LogP contribution is 2.36. The summed E-state index contributed by atoms with van der Waals surface area (Å²) < 4.78 is 34.1. The van der Waals surface area contributed by atoms with Crippen LogP contribution in [0, 0.1) is 0 Å². The summed E-state index contributed by atoms with van der Waals surface area (Å²) in [5, 5.41) is 0. The summed E-state index contributed by atoms with van der Waals surface area (Å²) >= 11 is 1.20. The van der Waals surface area contributed by atoms with Gasteiger partial charge in [-0.15, -0.1) is 0 Å². The normalized spacial score (nSPS) is 14.5. The van der Waals surface area contributed by atoms with E-state index in [9.17, 15) is 14.4 Å². The van der Waals surface area contributed by atoms with E-state index in [0.29, 0.717) is 50.2 Å². The number of thiazole rings is 1. The van der Waals surface area contributed by atoms with Crippen LogP contribution in [-0.2, 0) is 19.1 Å². The number of hydrogen-bond donors (Lipinski definition) is 0. The minimum absolute atomic E-state index is 0.149. The first kappa shape index (κ1) is 30.4. The van der Waals surface area contributed by atoms with Gasteiger partial charge in [0.05, 0.1) is 56.4 Å². The number of ether oxygens (including phenoxy) is 6. The molecule has 2 aromatic carbocycles. The molecule has 0 aliphatic carbocycles. The lowest BCUT2D eigenvalue weighted by Gasteiger charge is -2.25. The zero-order chi connectivity index (χ0) is 30.4. The van der Waals surface area contributed by atoms with Crippen molar-refractivity contribution in [1.82, 2.24) is 4.57 Å². The molecule has 0 radical (unpaired) electrons. The van der Waals surface area contributed by atoms with Crippen LogP contribution in [0.25, 0.3) is 6.08 Å². The summed E-state index contributed by atoms with van der Waals surface area (Å²) in [6.07, 6.45) is 1.74. The smallest absolute Gasteiger partial charge is 0.343 e. The molecule has 2 heterocycles. The molecule has 1 aliphatic heterocycles. The zero-order valence-electron chi connectivity index (χ0n) is 24.2. The monoisotopic (exact) mass is 596 g/mol. The molecule has 0 bridgehead atoms. The highest BCUT2D eigenvalue weighted by atomic mass is 32.1. The molecule has 3 aromatic rings. The average molecular weight is 597 g/mol. The number of fused-ring (bicyclic) bond motifs is 1. The molecular formula is C30H32N2O9S. The van der Waals surface area contributed by atoms with Crippen LogP contribution in [0.5, 0.6) is 23.0 Å². The van der Waals surface area contributed by atoms with Crippen molar-refractivity contribution < 1.29 is 38.0 Å². The molecule has 0 N–H and O–H groups in total. The van der Waals surface area contributed by atoms with Crippen molar-refractivity contribution >= 4 is 29.4 Å². The second-order valence-corrected chi connectivity index (χ2v) is 9.93. The molecular weight excluding hydrogens is 564 g/mol. The predicted octanol–water partition coefficient (Wildman–Crippen LogP) is 2.77. The Labute approximate surface area is 246 Å². The Hall–Kier alpha value is -4.58. The Morgan fingerprint density at radius 3 is 2.36 bits per heavy atom. The van der Waals surface area contributed by atoms with Crippen molar-refractivity contribution in [3.05, 3.63) is 78.5 Å². The van der Waals surface area contributed by atoms with E-state index in [1.807, 2.05) is 13.0 Å². The maximum atomic E-state index is 13.9. The molecule has 1 aromatic heterocycles. The van der Waals surface area contributed by atoms with Crippen LogP contribution in [0.2, 0.25) is 0 Å². The minimum atomic E-state index is -0.860. The number of methoxy groups -OCH3 is 3. The van der Waals surface area contributed by atoms with Gasteiger partial charge in [0.25, 0.3) is 5.56 Å². The first-order chi connectivity index (χ1) is 20.3. The summed E-state index contributed by atoms with van der Waals surface area (Å²) in [7, 11) is 4.36.